The maximum atomic E-state index is 12.0. The van der Waals surface area contributed by atoms with E-state index >= 15 is 0 Å². The summed E-state index contributed by atoms with van der Waals surface area (Å²) in [5.74, 6) is -0.780. The topological polar surface area (TPSA) is 118 Å². The molecule has 1 aliphatic heterocycles. The Bertz CT molecular complexity index is 533. The molecular formula is C14H21N3O3. The van der Waals surface area contributed by atoms with E-state index in [1.807, 2.05) is 19.9 Å². The first-order chi connectivity index (χ1) is 9.28. The largest absolute Gasteiger partial charge is 0.481 e. The molecule has 110 valence electrons. The smallest absolute Gasteiger partial charge is 0.300 e. The van der Waals surface area contributed by atoms with E-state index in [0.29, 0.717) is 11.4 Å². The molecule has 0 spiro atoms. The Labute approximate surface area is 118 Å². The monoisotopic (exact) mass is 279 g/mol. The van der Waals surface area contributed by atoms with Crippen molar-refractivity contribution in [3.05, 3.63) is 17.7 Å². The molecule has 2 rings (SSSR count). The van der Waals surface area contributed by atoms with Crippen LogP contribution in [0.15, 0.2) is 12.1 Å². The van der Waals surface area contributed by atoms with Crippen molar-refractivity contribution in [1.29, 1.82) is 0 Å². The van der Waals surface area contributed by atoms with Crippen molar-refractivity contribution in [1.82, 2.24) is 0 Å². The van der Waals surface area contributed by atoms with Crippen LogP contribution < -0.4 is 16.8 Å². The van der Waals surface area contributed by atoms with Crippen molar-refractivity contribution in [3.8, 4) is 0 Å². The Kier molecular flexibility index (Phi) is 4.60. The molecule has 6 nitrogen and oxygen atoms in total. The zero-order chi connectivity index (χ0) is 15.5. The third kappa shape index (κ3) is 2.68. The molecule has 0 saturated heterocycles. The van der Waals surface area contributed by atoms with Gasteiger partial charge >= 0.3 is 0 Å². The Balaban J connectivity index is 0.000000444. The first-order valence-corrected chi connectivity index (χ1v) is 6.49. The molecule has 6 heteroatoms. The summed E-state index contributed by atoms with van der Waals surface area (Å²) >= 11 is 0. The number of amides is 1. The van der Waals surface area contributed by atoms with Gasteiger partial charge in [-0.15, -0.1) is 0 Å². The number of nitrogens with two attached hydrogens (primary N) is 2. The molecule has 0 radical (unpaired) electrons. The molecule has 1 amide bonds. The minimum Gasteiger partial charge on any atom is -0.481 e. The summed E-state index contributed by atoms with van der Waals surface area (Å²) in [5, 5.41) is 10.3. The predicted octanol–water partition coefficient (Wildman–Crippen LogP) is 1.95. The van der Waals surface area contributed by atoms with Gasteiger partial charge in [0, 0.05) is 12.6 Å². The van der Waals surface area contributed by atoms with Crippen LogP contribution in [0.3, 0.4) is 0 Å². The van der Waals surface area contributed by atoms with Gasteiger partial charge in [-0.2, -0.15) is 0 Å². The quantitative estimate of drug-likeness (QED) is 0.617. The van der Waals surface area contributed by atoms with E-state index in [0.717, 1.165) is 31.0 Å². The number of rotatable bonds is 2. The van der Waals surface area contributed by atoms with Crippen molar-refractivity contribution < 1.29 is 14.7 Å². The molecule has 1 heterocycles. The Hall–Kier alpha value is -2.24. The average Bonchev–Trinajstić information content (AvgIpc) is 2.61. The van der Waals surface area contributed by atoms with Crippen molar-refractivity contribution >= 4 is 28.9 Å². The number of nitrogens with one attached hydrogen (secondary N) is 1. The van der Waals surface area contributed by atoms with Gasteiger partial charge in [0.15, 0.2) is 0 Å². The lowest BCUT2D eigenvalue weighted by molar-refractivity contribution is -0.134. The van der Waals surface area contributed by atoms with Crippen LogP contribution in [-0.2, 0) is 15.0 Å². The summed E-state index contributed by atoms with van der Waals surface area (Å²) in [7, 11) is 0. The lowest BCUT2D eigenvalue weighted by Gasteiger charge is -2.24. The molecule has 0 atom stereocenters. The first kappa shape index (κ1) is 15.8. The molecule has 20 heavy (non-hydrogen) atoms. The van der Waals surface area contributed by atoms with Crippen molar-refractivity contribution in [2.75, 3.05) is 16.8 Å². The Morgan fingerprint density at radius 3 is 2.15 bits per heavy atom. The summed E-state index contributed by atoms with van der Waals surface area (Å²) in [6.45, 7) is 5.12. The first-order valence-electron chi connectivity index (χ1n) is 6.49. The van der Waals surface area contributed by atoms with Crippen LogP contribution >= 0.6 is 0 Å². The highest BCUT2D eigenvalue weighted by molar-refractivity contribution is 6.07. The number of nitrogen functional groups attached to an aromatic ring is 2. The second-order valence-electron chi connectivity index (χ2n) is 4.79. The number of carboxylic acid groups (broad SMARTS) is 1. The number of carbonyl (C=O) groups excluding carboxylic acids is 1. The van der Waals surface area contributed by atoms with E-state index in [4.69, 9.17) is 21.4 Å². The average molecular weight is 279 g/mol. The zero-order valence-electron chi connectivity index (χ0n) is 12.0. The van der Waals surface area contributed by atoms with Crippen LogP contribution in [0.4, 0.5) is 17.1 Å². The lowest BCUT2D eigenvalue weighted by atomic mass is 9.77. The van der Waals surface area contributed by atoms with Gasteiger partial charge in [0.05, 0.1) is 16.8 Å². The second kappa shape index (κ2) is 5.81. The summed E-state index contributed by atoms with van der Waals surface area (Å²) in [5.41, 5.74) is 14.0. The zero-order valence-corrected chi connectivity index (χ0v) is 12.0. The molecule has 6 N–H and O–H groups in total. The maximum Gasteiger partial charge on any atom is 0.300 e. The number of hydrogen-bond donors (Lipinski definition) is 4. The van der Waals surface area contributed by atoms with Crippen LogP contribution in [0.25, 0.3) is 0 Å². The van der Waals surface area contributed by atoms with Crippen molar-refractivity contribution in [2.45, 2.75) is 39.0 Å². The third-order valence-corrected chi connectivity index (χ3v) is 3.63. The van der Waals surface area contributed by atoms with Gasteiger partial charge in [0.1, 0.15) is 0 Å². The Morgan fingerprint density at radius 1 is 1.25 bits per heavy atom. The lowest BCUT2D eigenvalue weighted by Crippen LogP contribution is -2.32. The van der Waals surface area contributed by atoms with E-state index in [9.17, 15) is 4.79 Å². The number of benzene rings is 1. The fraction of sp³-hybridized carbons (Fsp3) is 0.429. The van der Waals surface area contributed by atoms with Crippen LogP contribution in [0.1, 0.15) is 39.2 Å². The predicted molar refractivity (Wildman–Crippen MR) is 79.5 cm³/mol. The fourth-order valence-electron chi connectivity index (χ4n) is 2.45. The molecule has 0 saturated carbocycles. The highest BCUT2D eigenvalue weighted by Gasteiger charge is 2.44. The minimum atomic E-state index is -0.833. The standard InChI is InChI=1S/C12H17N3O.C2H4O2/c1-3-12(4-2)7-5-8(13)9(14)6-10(7)15-11(12)16;1-2(3)4/h5-6H,3-4,13-14H2,1-2H3,(H,15,16);1H3,(H,3,4). The van der Waals surface area contributed by atoms with Crippen LogP contribution in [0.5, 0.6) is 0 Å². The van der Waals surface area contributed by atoms with Crippen LogP contribution in [0.2, 0.25) is 0 Å². The number of anilines is 3. The molecule has 1 aromatic carbocycles. The van der Waals surface area contributed by atoms with Gasteiger partial charge in [-0.25, -0.2) is 0 Å². The SMILES string of the molecule is CC(=O)O.CCC1(CC)C(=O)Nc2cc(N)c(N)cc21. The molecule has 0 unspecified atom stereocenters. The number of fused-ring (bicyclic) bond motifs is 1. The molecule has 0 aliphatic carbocycles. The van der Waals surface area contributed by atoms with E-state index in [-0.39, 0.29) is 5.91 Å². The highest BCUT2D eigenvalue weighted by atomic mass is 16.4. The van der Waals surface area contributed by atoms with Crippen LogP contribution in [-0.4, -0.2) is 17.0 Å². The van der Waals surface area contributed by atoms with Gasteiger partial charge < -0.3 is 21.9 Å². The van der Waals surface area contributed by atoms with Gasteiger partial charge in [-0.05, 0) is 30.5 Å². The van der Waals surface area contributed by atoms with E-state index in [1.165, 1.54) is 0 Å². The number of hydrogen-bond acceptors (Lipinski definition) is 4. The van der Waals surface area contributed by atoms with E-state index in [1.54, 1.807) is 6.07 Å². The summed E-state index contributed by atoms with van der Waals surface area (Å²) < 4.78 is 0. The molecule has 1 aliphatic rings. The molecule has 0 bridgehead atoms. The normalized spacial score (nSPS) is 14.8. The van der Waals surface area contributed by atoms with Crippen LogP contribution in [0, 0.1) is 0 Å². The summed E-state index contributed by atoms with van der Waals surface area (Å²) in [6, 6.07) is 3.57. The maximum absolute atomic E-state index is 12.0. The number of carbonyl (C=O) groups is 2. The van der Waals surface area contributed by atoms with E-state index in [2.05, 4.69) is 5.32 Å². The molecule has 1 aromatic rings. The van der Waals surface area contributed by atoms with Crippen molar-refractivity contribution in [2.24, 2.45) is 0 Å². The summed E-state index contributed by atoms with van der Waals surface area (Å²) in [4.78, 5) is 21.0. The van der Waals surface area contributed by atoms with Gasteiger partial charge in [0.25, 0.3) is 5.97 Å². The number of carboxylic acids is 1. The summed E-state index contributed by atoms with van der Waals surface area (Å²) in [6.07, 6.45) is 1.54. The third-order valence-electron chi connectivity index (χ3n) is 3.63. The molecular weight excluding hydrogens is 258 g/mol. The van der Waals surface area contributed by atoms with Crippen molar-refractivity contribution in [3.63, 3.8) is 0 Å². The molecule has 0 aromatic heterocycles. The van der Waals surface area contributed by atoms with Gasteiger partial charge in [0.2, 0.25) is 5.91 Å². The molecule has 0 fully saturated rings. The van der Waals surface area contributed by atoms with Gasteiger partial charge in [-0.1, -0.05) is 13.8 Å². The number of aliphatic carboxylic acids is 1. The second-order valence-corrected chi connectivity index (χ2v) is 4.79. The van der Waals surface area contributed by atoms with E-state index < -0.39 is 11.4 Å². The van der Waals surface area contributed by atoms with Gasteiger partial charge in [-0.3, -0.25) is 9.59 Å². The minimum absolute atomic E-state index is 0.0532. The Morgan fingerprint density at radius 2 is 1.70 bits per heavy atom. The highest BCUT2D eigenvalue weighted by Crippen LogP contribution is 2.44. The fourth-order valence-corrected chi connectivity index (χ4v) is 2.45.